The van der Waals surface area contributed by atoms with Gasteiger partial charge >= 0.3 is 0 Å². The van der Waals surface area contributed by atoms with Gasteiger partial charge in [0.15, 0.2) is 0 Å². The van der Waals surface area contributed by atoms with Crippen LogP contribution in [0, 0.1) is 0 Å². The van der Waals surface area contributed by atoms with Crippen LogP contribution < -0.4 is 11.1 Å². The zero-order chi connectivity index (χ0) is 10.1. The fourth-order valence-electron chi connectivity index (χ4n) is 1.24. The highest BCUT2D eigenvalue weighted by Gasteiger charge is 2.08. The normalized spacial score (nSPS) is 10.4. The van der Waals surface area contributed by atoms with Gasteiger partial charge in [-0.2, -0.15) is 0 Å². The van der Waals surface area contributed by atoms with Crippen molar-refractivity contribution in [3.05, 3.63) is 41.7 Å². The molecule has 0 saturated heterocycles. The summed E-state index contributed by atoms with van der Waals surface area (Å²) in [5, 5.41) is 5.53. The average molecular weight is 225 g/mol. The number of rotatable bonds is 2. The van der Waals surface area contributed by atoms with Crippen LogP contribution in [-0.4, -0.2) is 0 Å². The molecule has 4 heteroatoms. The Morgan fingerprint density at radius 1 is 1.43 bits per heavy atom. The summed E-state index contributed by atoms with van der Waals surface area (Å²) < 4.78 is 1.14. The van der Waals surface area contributed by atoms with Crippen LogP contribution in [0.2, 0.25) is 5.02 Å². The van der Waals surface area contributed by atoms with E-state index in [9.17, 15) is 0 Å². The third-order valence-corrected chi connectivity index (χ3v) is 3.40. The second-order valence-corrected chi connectivity index (χ2v) is 4.32. The van der Waals surface area contributed by atoms with E-state index in [-0.39, 0.29) is 0 Å². The van der Waals surface area contributed by atoms with Crippen molar-refractivity contribution in [1.82, 2.24) is 0 Å². The molecule has 0 spiro atoms. The Hall–Kier alpha value is -1.19. The van der Waals surface area contributed by atoms with Gasteiger partial charge in [0.2, 0.25) is 0 Å². The van der Waals surface area contributed by atoms with Crippen LogP contribution in [0.1, 0.15) is 0 Å². The molecule has 0 amide bonds. The number of anilines is 1. The molecule has 2 nitrogen and oxygen atoms in total. The molecule has 1 aromatic carbocycles. The van der Waals surface area contributed by atoms with Gasteiger partial charge in [-0.25, -0.2) is 0 Å². The molecule has 0 aliphatic heterocycles. The molecule has 1 heterocycles. The van der Waals surface area contributed by atoms with E-state index in [1.165, 1.54) is 0 Å². The van der Waals surface area contributed by atoms with Gasteiger partial charge in [0.25, 0.3) is 0 Å². The fourth-order valence-corrected chi connectivity index (χ4v) is 2.65. The summed E-state index contributed by atoms with van der Waals surface area (Å²) in [6.07, 6.45) is 0. The van der Waals surface area contributed by atoms with Crippen molar-refractivity contribution in [1.29, 1.82) is 0 Å². The van der Waals surface area contributed by atoms with Crippen LogP contribution in [0.3, 0.4) is 0 Å². The minimum Gasteiger partial charge on any atom is -0.386 e. The van der Waals surface area contributed by atoms with Crippen molar-refractivity contribution in [3.8, 4) is 0 Å². The molecule has 0 aliphatic carbocycles. The average Bonchev–Trinajstić information content (AvgIpc) is 2.44. The molecule has 2 rings (SSSR count). The first-order valence-corrected chi connectivity index (χ1v) is 5.26. The molecule has 72 valence electrons. The quantitative estimate of drug-likeness (QED) is 0.821. The molecule has 0 fully saturated rings. The minimum atomic E-state index is 0.401. The molecule has 0 saturated carbocycles. The number of fused-ring (bicyclic) bond motifs is 1. The van der Waals surface area contributed by atoms with Crippen molar-refractivity contribution in [3.63, 3.8) is 0 Å². The van der Waals surface area contributed by atoms with Gasteiger partial charge in [0, 0.05) is 10.1 Å². The number of halogens is 1. The highest BCUT2D eigenvalue weighted by atomic mass is 35.5. The number of thiophene rings is 1. The summed E-state index contributed by atoms with van der Waals surface area (Å²) in [5.74, 6) is 0.401. The topological polar surface area (TPSA) is 38.0 Å². The first kappa shape index (κ1) is 9.37. The Bertz CT molecular complexity index is 490. The number of nitrogens with two attached hydrogens (primary N) is 1. The Kier molecular flexibility index (Phi) is 2.35. The molecule has 0 bridgehead atoms. The molecule has 2 aromatic rings. The monoisotopic (exact) mass is 224 g/mol. The first-order chi connectivity index (χ1) is 6.68. The van der Waals surface area contributed by atoms with Crippen LogP contribution in [0.15, 0.2) is 36.7 Å². The summed E-state index contributed by atoms with van der Waals surface area (Å²) in [6.45, 7) is 3.58. The highest BCUT2D eigenvalue weighted by molar-refractivity contribution is 7.23. The number of hydrogen-bond acceptors (Lipinski definition) is 3. The van der Waals surface area contributed by atoms with Gasteiger partial charge in [-0.15, -0.1) is 11.3 Å². The van der Waals surface area contributed by atoms with Gasteiger partial charge in [-0.05, 0) is 6.07 Å². The first-order valence-electron chi connectivity index (χ1n) is 4.07. The molecule has 14 heavy (non-hydrogen) atoms. The van der Waals surface area contributed by atoms with Gasteiger partial charge in [-0.3, -0.25) is 0 Å². The lowest BCUT2D eigenvalue weighted by molar-refractivity contribution is 1.35. The van der Waals surface area contributed by atoms with Crippen molar-refractivity contribution in [2.45, 2.75) is 0 Å². The van der Waals surface area contributed by atoms with E-state index >= 15 is 0 Å². The third kappa shape index (κ3) is 1.56. The second kappa shape index (κ2) is 3.52. The summed E-state index contributed by atoms with van der Waals surface area (Å²) in [7, 11) is 0. The lowest BCUT2D eigenvalue weighted by atomic mass is 10.3. The van der Waals surface area contributed by atoms with E-state index in [1.54, 1.807) is 11.3 Å². The third-order valence-electron chi connectivity index (χ3n) is 1.81. The predicted molar refractivity (Wildman–Crippen MR) is 63.8 cm³/mol. The molecule has 1 aromatic heterocycles. The molecule has 3 N–H and O–H groups in total. The number of nitrogens with one attached hydrogen (secondary N) is 1. The van der Waals surface area contributed by atoms with Crippen molar-refractivity contribution < 1.29 is 0 Å². The van der Waals surface area contributed by atoms with E-state index in [0.717, 1.165) is 15.1 Å². The van der Waals surface area contributed by atoms with Gasteiger partial charge in [0.1, 0.15) is 5.00 Å². The fraction of sp³-hybridized carbons (Fsp3) is 0. The molecule has 0 atom stereocenters. The molecular weight excluding hydrogens is 216 g/mol. The van der Waals surface area contributed by atoms with Crippen LogP contribution in [-0.2, 0) is 0 Å². The Morgan fingerprint density at radius 3 is 2.79 bits per heavy atom. The Balaban J connectivity index is 2.57. The molecular formula is C10H9ClN2S. The summed E-state index contributed by atoms with van der Waals surface area (Å²) in [6, 6.07) is 7.95. The lowest BCUT2D eigenvalue weighted by Crippen LogP contribution is -2.05. The Labute approximate surface area is 91.0 Å². The van der Waals surface area contributed by atoms with Crippen molar-refractivity contribution in [2.75, 3.05) is 5.32 Å². The number of benzene rings is 1. The predicted octanol–water partition coefficient (Wildman–Crippen LogP) is 3.40. The second-order valence-electron chi connectivity index (χ2n) is 2.89. The van der Waals surface area contributed by atoms with Crippen molar-refractivity contribution >= 4 is 38.0 Å². The van der Waals surface area contributed by atoms with E-state index in [0.29, 0.717) is 10.8 Å². The minimum absolute atomic E-state index is 0.401. The lowest BCUT2D eigenvalue weighted by Gasteiger charge is -2.00. The molecule has 0 aliphatic rings. The zero-order valence-corrected chi connectivity index (χ0v) is 8.95. The number of hydrogen-bond donors (Lipinski definition) is 2. The maximum Gasteiger partial charge on any atom is 0.114 e. The summed E-state index contributed by atoms with van der Waals surface area (Å²) in [5.41, 5.74) is 5.46. The van der Waals surface area contributed by atoms with Crippen molar-refractivity contribution in [2.24, 2.45) is 5.73 Å². The van der Waals surface area contributed by atoms with Gasteiger partial charge < -0.3 is 11.1 Å². The molecule has 0 unspecified atom stereocenters. The summed E-state index contributed by atoms with van der Waals surface area (Å²) in [4.78, 5) is 0. The highest BCUT2D eigenvalue weighted by Crippen LogP contribution is 2.39. The smallest absolute Gasteiger partial charge is 0.114 e. The largest absolute Gasteiger partial charge is 0.386 e. The Morgan fingerprint density at radius 2 is 2.14 bits per heavy atom. The maximum absolute atomic E-state index is 6.15. The van der Waals surface area contributed by atoms with E-state index in [2.05, 4.69) is 11.9 Å². The SMILES string of the molecule is C=C(N)Nc1sc2ccccc2c1Cl. The van der Waals surface area contributed by atoms with Gasteiger partial charge in [-0.1, -0.05) is 36.4 Å². The zero-order valence-electron chi connectivity index (χ0n) is 7.38. The van der Waals surface area contributed by atoms with Crippen LogP contribution >= 0.6 is 22.9 Å². The standard InChI is InChI=1S/C10H9ClN2S/c1-6(12)13-10-9(11)7-4-2-3-5-8(7)14-10/h2-5,13H,1,12H2. The van der Waals surface area contributed by atoms with E-state index < -0.39 is 0 Å². The summed E-state index contributed by atoms with van der Waals surface area (Å²) >= 11 is 7.72. The maximum atomic E-state index is 6.15. The van der Waals surface area contributed by atoms with Gasteiger partial charge in [0.05, 0.1) is 10.8 Å². The molecule has 0 radical (unpaired) electrons. The van der Waals surface area contributed by atoms with E-state index in [4.69, 9.17) is 17.3 Å². The van der Waals surface area contributed by atoms with Crippen LogP contribution in [0.4, 0.5) is 5.00 Å². The van der Waals surface area contributed by atoms with E-state index in [1.807, 2.05) is 24.3 Å². The van der Waals surface area contributed by atoms with Crippen LogP contribution in [0.25, 0.3) is 10.1 Å². The van der Waals surface area contributed by atoms with Crippen LogP contribution in [0.5, 0.6) is 0 Å².